The van der Waals surface area contributed by atoms with E-state index in [4.69, 9.17) is 9.47 Å². The largest absolute Gasteiger partial charge is 0.462 e. The molecule has 1 aromatic rings. The van der Waals surface area contributed by atoms with Crippen molar-refractivity contribution in [3.63, 3.8) is 0 Å². The van der Waals surface area contributed by atoms with E-state index < -0.39 is 0 Å². The fraction of sp³-hybridized carbons (Fsp3) is 0.778. The minimum Gasteiger partial charge on any atom is -0.462 e. The van der Waals surface area contributed by atoms with Gasteiger partial charge in [-0.3, -0.25) is 0 Å². The predicted octanol–water partition coefficient (Wildman–Crippen LogP) is 8.93. The van der Waals surface area contributed by atoms with Gasteiger partial charge in [-0.05, 0) is 76.1 Å². The van der Waals surface area contributed by atoms with Gasteiger partial charge >= 0.3 is 11.9 Å². The van der Waals surface area contributed by atoms with Crippen molar-refractivity contribution in [1.29, 1.82) is 0 Å². The highest BCUT2D eigenvalue weighted by Gasteiger charge is 2.12. The van der Waals surface area contributed by atoms with E-state index in [9.17, 15) is 9.59 Å². The molecule has 0 bridgehead atoms. The average Bonchev–Trinajstić information content (AvgIpc) is 3.01. The van der Waals surface area contributed by atoms with E-state index in [2.05, 4.69) is 37.5 Å². The summed E-state index contributed by atoms with van der Waals surface area (Å²) in [5.41, 5.74) is 0.928. The Kier molecular flexibility index (Phi) is 24.2. The van der Waals surface area contributed by atoms with Crippen LogP contribution in [0.5, 0.6) is 0 Å². The van der Waals surface area contributed by atoms with Crippen molar-refractivity contribution in [1.82, 2.24) is 9.80 Å². The predicted molar refractivity (Wildman–Crippen MR) is 176 cm³/mol. The van der Waals surface area contributed by atoms with Crippen LogP contribution in [0, 0.1) is 0 Å². The zero-order chi connectivity index (χ0) is 30.7. The van der Waals surface area contributed by atoms with Gasteiger partial charge in [0.1, 0.15) is 0 Å². The standard InChI is InChI=1S/C36H64N2O4/c1-5-9-11-13-15-17-19-27-37(7-3)29-21-31-41-35(39)33-23-25-34(26-24-33)36(40)42-32-22-30-38(8-4)28-20-18-16-14-12-10-6-2/h23-26H,5-22,27-32H2,1-4H3. The molecule has 0 aromatic heterocycles. The summed E-state index contributed by atoms with van der Waals surface area (Å²) < 4.78 is 11.0. The van der Waals surface area contributed by atoms with Crippen molar-refractivity contribution in [3.05, 3.63) is 35.4 Å². The Bertz CT molecular complexity index is 718. The van der Waals surface area contributed by atoms with Crippen LogP contribution >= 0.6 is 0 Å². The SMILES string of the molecule is CCCCCCCCCN(CC)CCCOC(=O)c1ccc(C(=O)OCCCN(CC)CCCCCCCCC)cc1. The normalized spacial score (nSPS) is 11.4. The van der Waals surface area contributed by atoms with Gasteiger partial charge in [0.2, 0.25) is 0 Å². The third-order valence-corrected chi connectivity index (χ3v) is 8.11. The molecule has 42 heavy (non-hydrogen) atoms. The second kappa shape index (κ2) is 26.7. The van der Waals surface area contributed by atoms with Gasteiger partial charge in [-0.25, -0.2) is 9.59 Å². The number of hydrogen-bond acceptors (Lipinski definition) is 6. The van der Waals surface area contributed by atoms with Gasteiger partial charge in [0, 0.05) is 13.1 Å². The first kappa shape index (κ1) is 38.1. The van der Waals surface area contributed by atoms with Gasteiger partial charge in [0.15, 0.2) is 0 Å². The highest BCUT2D eigenvalue weighted by molar-refractivity contribution is 5.93. The van der Waals surface area contributed by atoms with Crippen LogP contribution in [0.1, 0.15) is 151 Å². The highest BCUT2D eigenvalue weighted by atomic mass is 16.5. The number of ether oxygens (including phenoxy) is 2. The van der Waals surface area contributed by atoms with E-state index in [1.807, 2.05) is 0 Å². The van der Waals surface area contributed by atoms with Crippen molar-refractivity contribution in [3.8, 4) is 0 Å². The second-order valence-corrected chi connectivity index (χ2v) is 11.7. The Hall–Kier alpha value is -1.92. The van der Waals surface area contributed by atoms with Gasteiger partial charge in [0.05, 0.1) is 24.3 Å². The van der Waals surface area contributed by atoms with Crippen LogP contribution in [0.4, 0.5) is 0 Å². The minimum atomic E-state index is -0.342. The Morgan fingerprint density at radius 3 is 1.12 bits per heavy atom. The van der Waals surface area contributed by atoms with Crippen LogP contribution in [0.3, 0.4) is 0 Å². The Labute approximate surface area is 258 Å². The van der Waals surface area contributed by atoms with Crippen LogP contribution in [0.2, 0.25) is 0 Å². The molecule has 0 aliphatic heterocycles. The molecule has 0 fully saturated rings. The van der Waals surface area contributed by atoms with E-state index in [-0.39, 0.29) is 11.9 Å². The molecule has 0 unspecified atom stereocenters. The van der Waals surface area contributed by atoms with E-state index >= 15 is 0 Å². The van der Waals surface area contributed by atoms with E-state index in [1.54, 1.807) is 24.3 Å². The molecule has 0 radical (unpaired) electrons. The summed E-state index contributed by atoms with van der Waals surface area (Å²) in [7, 11) is 0. The Balaban J connectivity index is 2.20. The lowest BCUT2D eigenvalue weighted by atomic mass is 10.1. The molecule has 0 saturated carbocycles. The molecule has 0 spiro atoms. The van der Waals surface area contributed by atoms with E-state index in [1.165, 1.54) is 89.9 Å². The van der Waals surface area contributed by atoms with Crippen molar-refractivity contribution in [2.24, 2.45) is 0 Å². The Morgan fingerprint density at radius 2 is 0.786 bits per heavy atom. The number of benzene rings is 1. The summed E-state index contributed by atoms with van der Waals surface area (Å²) >= 11 is 0. The van der Waals surface area contributed by atoms with Crippen LogP contribution < -0.4 is 0 Å². The monoisotopic (exact) mass is 588 g/mol. The molecule has 242 valence electrons. The van der Waals surface area contributed by atoms with Crippen LogP contribution in [-0.4, -0.2) is 74.2 Å². The quantitative estimate of drug-likeness (QED) is 0.0719. The average molecular weight is 589 g/mol. The molecule has 1 aromatic carbocycles. The zero-order valence-electron chi connectivity index (χ0n) is 27.8. The summed E-state index contributed by atoms with van der Waals surface area (Å²) in [5.74, 6) is -0.684. The zero-order valence-corrected chi connectivity index (χ0v) is 27.8. The first-order chi connectivity index (χ1) is 20.5. The minimum absolute atomic E-state index is 0.342. The summed E-state index contributed by atoms with van der Waals surface area (Å²) in [6, 6.07) is 6.61. The maximum atomic E-state index is 12.5. The third kappa shape index (κ3) is 19.3. The van der Waals surface area contributed by atoms with Gasteiger partial charge < -0.3 is 19.3 Å². The third-order valence-electron chi connectivity index (χ3n) is 8.11. The lowest BCUT2D eigenvalue weighted by molar-refractivity contribution is 0.0474. The molecule has 0 aliphatic rings. The van der Waals surface area contributed by atoms with E-state index in [0.29, 0.717) is 24.3 Å². The number of carbonyl (C=O) groups excluding carboxylic acids is 2. The number of hydrogen-bond donors (Lipinski definition) is 0. The molecular weight excluding hydrogens is 524 g/mol. The lowest BCUT2D eigenvalue weighted by Crippen LogP contribution is -2.27. The topological polar surface area (TPSA) is 59.1 Å². The molecule has 0 atom stereocenters. The van der Waals surface area contributed by atoms with Gasteiger partial charge in [-0.1, -0.05) is 105 Å². The van der Waals surface area contributed by atoms with Crippen molar-refractivity contribution in [2.45, 2.75) is 130 Å². The van der Waals surface area contributed by atoms with Gasteiger partial charge in [0.25, 0.3) is 0 Å². The van der Waals surface area contributed by atoms with Gasteiger partial charge in [-0.2, -0.15) is 0 Å². The van der Waals surface area contributed by atoms with Crippen molar-refractivity contribution >= 4 is 11.9 Å². The molecule has 6 nitrogen and oxygen atoms in total. The number of esters is 2. The Morgan fingerprint density at radius 1 is 0.476 bits per heavy atom. The molecule has 0 N–H and O–H groups in total. The number of nitrogens with zero attached hydrogens (tertiary/aromatic N) is 2. The molecule has 0 saturated heterocycles. The summed E-state index contributed by atoms with van der Waals surface area (Å²) in [5, 5.41) is 0. The molecule has 1 rings (SSSR count). The smallest absolute Gasteiger partial charge is 0.338 e. The highest BCUT2D eigenvalue weighted by Crippen LogP contribution is 2.11. The number of carbonyl (C=O) groups is 2. The fourth-order valence-electron chi connectivity index (χ4n) is 5.26. The summed E-state index contributed by atoms with van der Waals surface area (Å²) in [4.78, 5) is 29.8. The van der Waals surface area contributed by atoms with Crippen molar-refractivity contribution < 1.29 is 19.1 Å². The molecule has 0 aliphatic carbocycles. The number of rotatable bonds is 28. The first-order valence-corrected chi connectivity index (χ1v) is 17.4. The van der Waals surface area contributed by atoms with Gasteiger partial charge in [-0.15, -0.1) is 0 Å². The van der Waals surface area contributed by atoms with Crippen LogP contribution in [-0.2, 0) is 9.47 Å². The lowest BCUT2D eigenvalue weighted by Gasteiger charge is -2.20. The maximum Gasteiger partial charge on any atom is 0.338 e. The maximum absolute atomic E-state index is 12.5. The molecular formula is C36H64N2O4. The second-order valence-electron chi connectivity index (χ2n) is 11.7. The summed E-state index contributed by atoms with van der Waals surface area (Å²) in [6.45, 7) is 15.9. The van der Waals surface area contributed by atoms with Crippen LogP contribution in [0.15, 0.2) is 24.3 Å². The van der Waals surface area contributed by atoms with Crippen molar-refractivity contribution in [2.75, 3.05) is 52.5 Å². The molecule has 6 heteroatoms. The first-order valence-electron chi connectivity index (χ1n) is 17.4. The van der Waals surface area contributed by atoms with Crippen LogP contribution in [0.25, 0.3) is 0 Å². The summed E-state index contributed by atoms with van der Waals surface area (Å²) in [6.07, 6.45) is 20.2. The number of unbranched alkanes of at least 4 members (excludes halogenated alkanes) is 12. The fourth-order valence-corrected chi connectivity index (χ4v) is 5.26. The van der Waals surface area contributed by atoms with E-state index in [0.717, 1.165) is 52.1 Å². The molecule has 0 heterocycles. The molecule has 0 amide bonds.